The summed E-state index contributed by atoms with van der Waals surface area (Å²) in [4.78, 5) is 36.4. The maximum Gasteiger partial charge on any atom is 0.344 e. The van der Waals surface area contributed by atoms with Crippen molar-refractivity contribution in [3.8, 4) is 0 Å². The van der Waals surface area contributed by atoms with Crippen LogP contribution in [0, 0.1) is 0 Å². The second-order valence-corrected chi connectivity index (χ2v) is 6.41. The zero-order chi connectivity index (χ0) is 16.0. The predicted octanol–water partition coefficient (Wildman–Crippen LogP) is 2.63. The molecule has 1 heterocycles. The SMILES string of the molecule is CCCCCCCC(=O)NN1C(=O)NC2(CCCCC2)C1=O. The number of unbranched alkanes of at least 4 members (excludes halogenated alkanes) is 4. The van der Waals surface area contributed by atoms with Crippen LogP contribution in [0.2, 0.25) is 0 Å². The average Bonchev–Trinajstić information content (AvgIpc) is 2.72. The molecule has 0 aromatic carbocycles. The van der Waals surface area contributed by atoms with Crippen LogP contribution in [0.3, 0.4) is 0 Å². The number of rotatable bonds is 7. The van der Waals surface area contributed by atoms with E-state index in [1.54, 1.807) is 0 Å². The summed E-state index contributed by atoms with van der Waals surface area (Å²) in [6, 6.07) is -0.494. The summed E-state index contributed by atoms with van der Waals surface area (Å²) in [5, 5.41) is 3.67. The minimum atomic E-state index is -0.774. The topological polar surface area (TPSA) is 78.5 Å². The Morgan fingerprint density at radius 2 is 1.82 bits per heavy atom. The maximum absolute atomic E-state index is 12.5. The van der Waals surface area contributed by atoms with Gasteiger partial charge >= 0.3 is 6.03 Å². The maximum atomic E-state index is 12.5. The molecule has 1 aliphatic carbocycles. The molecule has 6 nitrogen and oxygen atoms in total. The molecule has 1 saturated heterocycles. The number of hydrazine groups is 1. The molecule has 0 bridgehead atoms. The lowest BCUT2D eigenvalue weighted by Gasteiger charge is -2.30. The molecule has 6 heteroatoms. The van der Waals surface area contributed by atoms with E-state index in [2.05, 4.69) is 17.7 Å². The van der Waals surface area contributed by atoms with Crippen LogP contribution in [-0.4, -0.2) is 28.4 Å². The molecule has 0 aromatic rings. The number of nitrogens with zero attached hydrogens (tertiary/aromatic N) is 1. The first-order valence-electron chi connectivity index (χ1n) is 8.55. The molecule has 2 aliphatic rings. The van der Waals surface area contributed by atoms with Gasteiger partial charge < -0.3 is 5.32 Å². The Hall–Kier alpha value is -1.59. The molecule has 0 aromatic heterocycles. The summed E-state index contributed by atoms with van der Waals surface area (Å²) in [5.74, 6) is -0.551. The van der Waals surface area contributed by atoms with E-state index >= 15 is 0 Å². The van der Waals surface area contributed by atoms with E-state index in [4.69, 9.17) is 0 Å². The molecule has 1 aliphatic heterocycles. The zero-order valence-corrected chi connectivity index (χ0v) is 13.5. The van der Waals surface area contributed by atoms with Crippen LogP contribution in [0.5, 0.6) is 0 Å². The number of hydrogen-bond donors (Lipinski definition) is 2. The predicted molar refractivity (Wildman–Crippen MR) is 82.7 cm³/mol. The third kappa shape index (κ3) is 3.78. The highest BCUT2D eigenvalue weighted by Gasteiger charge is 2.52. The lowest BCUT2D eigenvalue weighted by molar-refractivity contribution is -0.139. The monoisotopic (exact) mass is 309 g/mol. The van der Waals surface area contributed by atoms with Gasteiger partial charge in [0, 0.05) is 6.42 Å². The van der Waals surface area contributed by atoms with Gasteiger partial charge in [0.15, 0.2) is 0 Å². The first-order valence-corrected chi connectivity index (χ1v) is 8.55. The first kappa shape index (κ1) is 16.8. The van der Waals surface area contributed by atoms with E-state index in [0.29, 0.717) is 19.3 Å². The van der Waals surface area contributed by atoms with E-state index in [1.165, 1.54) is 6.42 Å². The highest BCUT2D eigenvalue weighted by Crippen LogP contribution is 2.32. The third-order valence-electron chi connectivity index (χ3n) is 4.61. The van der Waals surface area contributed by atoms with Gasteiger partial charge in [-0.25, -0.2) is 4.79 Å². The summed E-state index contributed by atoms with van der Waals surface area (Å²) in [6.45, 7) is 2.14. The zero-order valence-electron chi connectivity index (χ0n) is 13.5. The molecule has 2 fully saturated rings. The van der Waals surface area contributed by atoms with Gasteiger partial charge in [0.1, 0.15) is 5.54 Å². The summed E-state index contributed by atoms with van der Waals surface area (Å²) in [6.07, 6.45) is 9.91. The van der Waals surface area contributed by atoms with E-state index < -0.39 is 11.6 Å². The van der Waals surface area contributed by atoms with Gasteiger partial charge in [0.2, 0.25) is 5.91 Å². The largest absolute Gasteiger partial charge is 0.344 e. The fourth-order valence-electron chi connectivity index (χ4n) is 3.29. The van der Waals surface area contributed by atoms with Gasteiger partial charge in [0.05, 0.1) is 0 Å². The molecule has 0 radical (unpaired) electrons. The molecule has 2 N–H and O–H groups in total. The van der Waals surface area contributed by atoms with Crippen molar-refractivity contribution in [2.75, 3.05) is 0 Å². The Balaban J connectivity index is 1.80. The van der Waals surface area contributed by atoms with Crippen molar-refractivity contribution in [1.82, 2.24) is 15.8 Å². The first-order chi connectivity index (χ1) is 10.6. The molecule has 0 unspecified atom stereocenters. The summed E-state index contributed by atoms with van der Waals surface area (Å²) in [7, 11) is 0. The quantitative estimate of drug-likeness (QED) is 0.560. The summed E-state index contributed by atoms with van der Waals surface area (Å²) >= 11 is 0. The lowest BCUT2D eigenvalue weighted by atomic mass is 9.82. The van der Waals surface area contributed by atoms with Crippen LogP contribution >= 0.6 is 0 Å². The van der Waals surface area contributed by atoms with Gasteiger partial charge in [-0.1, -0.05) is 51.9 Å². The Morgan fingerprint density at radius 3 is 2.50 bits per heavy atom. The molecule has 1 saturated carbocycles. The Kier molecular flexibility index (Phi) is 5.80. The van der Waals surface area contributed by atoms with Crippen molar-refractivity contribution in [3.63, 3.8) is 0 Å². The summed E-state index contributed by atoms with van der Waals surface area (Å²) < 4.78 is 0. The van der Waals surface area contributed by atoms with Crippen LogP contribution in [0.15, 0.2) is 0 Å². The van der Waals surface area contributed by atoms with Crippen LogP contribution in [0.4, 0.5) is 4.79 Å². The molecule has 2 rings (SSSR count). The highest BCUT2D eigenvalue weighted by molar-refractivity contribution is 6.07. The van der Waals surface area contributed by atoms with Crippen molar-refractivity contribution in [3.05, 3.63) is 0 Å². The lowest BCUT2D eigenvalue weighted by Crippen LogP contribution is -2.50. The van der Waals surface area contributed by atoms with E-state index in [9.17, 15) is 14.4 Å². The van der Waals surface area contributed by atoms with E-state index in [-0.39, 0.29) is 11.8 Å². The van der Waals surface area contributed by atoms with Gasteiger partial charge in [-0.15, -0.1) is 0 Å². The molecule has 4 amide bonds. The number of urea groups is 1. The van der Waals surface area contributed by atoms with Gasteiger partial charge in [-0.05, 0) is 19.3 Å². The second-order valence-electron chi connectivity index (χ2n) is 6.41. The van der Waals surface area contributed by atoms with Crippen LogP contribution in [0.1, 0.15) is 77.6 Å². The van der Waals surface area contributed by atoms with E-state index in [0.717, 1.165) is 50.0 Å². The standard InChI is InChI=1S/C16H27N3O3/c1-2-3-4-5-7-10-13(20)18-19-14(21)16(17-15(19)22)11-8-6-9-12-16/h2-12H2,1H3,(H,17,22)(H,18,20). The Labute approximate surface area is 132 Å². The van der Waals surface area contributed by atoms with Crippen molar-refractivity contribution in [2.24, 2.45) is 0 Å². The van der Waals surface area contributed by atoms with Gasteiger partial charge in [-0.3, -0.25) is 15.0 Å². The van der Waals surface area contributed by atoms with Crippen molar-refractivity contribution >= 4 is 17.8 Å². The number of carbonyl (C=O) groups is 3. The van der Waals surface area contributed by atoms with Crippen LogP contribution in [-0.2, 0) is 9.59 Å². The summed E-state index contributed by atoms with van der Waals surface area (Å²) in [5.41, 5.74) is 1.70. The molecule has 124 valence electrons. The van der Waals surface area contributed by atoms with Crippen molar-refractivity contribution < 1.29 is 14.4 Å². The number of hydrogen-bond acceptors (Lipinski definition) is 3. The molecule has 22 heavy (non-hydrogen) atoms. The molecule has 1 spiro atoms. The number of carbonyl (C=O) groups excluding carboxylic acids is 3. The van der Waals surface area contributed by atoms with Crippen molar-refractivity contribution in [1.29, 1.82) is 0 Å². The van der Waals surface area contributed by atoms with Gasteiger partial charge in [-0.2, -0.15) is 5.01 Å². The molecular formula is C16H27N3O3. The fourth-order valence-corrected chi connectivity index (χ4v) is 3.29. The molecular weight excluding hydrogens is 282 g/mol. The minimum absolute atomic E-state index is 0.257. The molecule has 0 atom stereocenters. The normalized spacial score (nSPS) is 20.3. The fraction of sp³-hybridized carbons (Fsp3) is 0.812. The average molecular weight is 309 g/mol. The number of imide groups is 1. The minimum Gasteiger partial charge on any atom is -0.322 e. The number of amides is 4. The van der Waals surface area contributed by atoms with Gasteiger partial charge in [0.25, 0.3) is 5.91 Å². The van der Waals surface area contributed by atoms with Crippen molar-refractivity contribution in [2.45, 2.75) is 83.1 Å². The van der Waals surface area contributed by atoms with E-state index in [1.807, 2.05) is 0 Å². The van der Waals surface area contributed by atoms with Crippen LogP contribution < -0.4 is 10.7 Å². The highest BCUT2D eigenvalue weighted by atomic mass is 16.2. The number of nitrogens with one attached hydrogen (secondary N) is 2. The van der Waals surface area contributed by atoms with Crippen LogP contribution in [0.25, 0.3) is 0 Å². The second kappa shape index (κ2) is 7.61. The Morgan fingerprint density at radius 1 is 1.14 bits per heavy atom. The Bertz CT molecular complexity index is 430. The smallest absolute Gasteiger partial charge is 0.322 e. The third-order valence-corrected chi connectivity index (χ3v) is 4.61.